The Morgan fingerprint density at radius 2 is 1.95 bits per heavy atom. The molecule has 2 N–H and O–H groups in total. The van der Waals surface area contributed by atoms with Crippen LogP contribution in [0.4, 0.5) is 4.39 Å². The fraction of sp³-hybridized carbons (Fsp3) is 0.222. The Morgan fingerprint density at radius 3 is 2.73 bits per heavy atom. The molecule has 0 fully saturated rings. The Balaban J connectivity index is 1.87. The van der Waals surface area contributed by atoms with Crippen LogP contribution >= 0.6 is 0 Å². The number of halogens is 1. The molecule has 0 radical (unpaired) electrons. The van der Waals surface area contributed by atoms with Gasteiger partial charge in [-0.05, 0) is 48.2 Å². The van der Waals surface area contributed by atoms with Gasteiger partial charge < -0.3 is 9.75 Å². The summed E-state index contributed by atoms with van der Waals surface area (Å²) in [5.41, 5.74) is 4.12. The maximum absolute atomic E-state index is 13.3. The van der Waals surface area contributed by atoms with E-state index in [4.69, 9.17) is 10.6 Å². The fourth-order valence-corrected chi connectivity index (χ4v) is 2.83. The predicted molar refractivity (Wildman–Crippen MR) is 85.5 cm³/mol. The molecule has 0 atom stereocenters. The Hall–Kier alpha value is -2.33. The van der Waals surface area contributed by atoms with E-state index in [1.807, 2.05) is 37.4 Å². The minimum absolute atomic E-state index is 0.201. The first-order valence-electron chi connectivity index (χ1n) is 7.32. The zero-order valence-corrected chi connectivity index (χ0v) is 12.6. The van der Waals surface area contributed by atoms with Crippen molar-refractivity contribution in [3.05, 3.63) is 71.0 Å². The van der Waals surface area contributed by atoms with Crippen molar-refractivity contribution in [2.75, 3.05) is 13.7 Å². The van der Waals surface area contributed by atoms with E-state index in [0.717, 1.165) is 41.0 Å². The first kappa shape index (κ1) is 14.6. The van der Waals surface area contributed by atoms with E-state index in [-0.39, 0.29) is 5.82 Å². The summed E-state index contributed by atoms with van der Waals surface area (Å²) in [7, 11) is 1.83. The molecule has 0 saturated heterocycles. The number of rotatable bonds is 4. The van der Waals surface area contributed by atoms with Gasteiger partial charge in [0.25, 0.3) is 0 Å². The highest BCUT2D eigenvalue weighted by Gasteiger charge is 2.21. The van der Waals surface area contributed by atoms with Gasteiger partial charge in [0.15, 0.2) is 0 Å². The average Bonchev–Trinajstić information content (AvgIpc) is 2.52. The summed E-state index contributed by atoms with van der Waals surface area (Å²) in [4.78, 5) is 0. The second-order valence-corrected chi connectivity index (χ2v) is 5.48. The van der Waals surface area contributed by atoms with Crippen LogP contribution in [-0.2, 0) is 6.42 Å². The summed E-state index contributed by atoms with van der Waals surface area (Å²) in [5, 5.41) is 1.64. The maximum atomic E-state index is 13.3. The van der Waals surface area contributed by atoms with Gasteiger partial charge in [0, 0.05) is 12.6 Å². The number of aryl methyl sites for hydroxylation is 1. The first-order chi connectivity index (χ1) is 10.6. The molecule has 0 spiro atoms. The molecule has 2 aromatic carbocycles. The van der Waals surface area contributed by atoms with E-state index < -0.39 is 0 Å². The molecule has 4 heteroatoms. The highest BCUT2D eigenvalue weighted by atomic mass is 19.1. The number of fused-ring (bicyclic) bond motifs is 1. The summed E-state index contributed by atoms with van der Waals surface area (Å²) in [6, 6.07) is 14.6. The predicted octanol–water partition coefficient (Wildman–Crippen LogP) is 3.37. The number of hydrazine groups is 1. The van der Waals surface area contributed by atoms with Crippen molar-refractivity contribution >= 4 is 5.70 Å². The number of hydrogen-bond donors (Lipinski definition) is 1. The molecule has 0 aliphatic carbocycles. The van der Waals surface area contributed by atoms with Crippen molar-refractivity contribution in [1.29, 1.82) is 0 Å². The Bertz CT molecular complexity index is 710. The highest BCUT2D eigenvalue weighted by Crippen LogP contribution is 2.34. The first-order valence-corrected chi connectivity index (χ1v) is 7.32. The van der Waals surface area contributed by atoms with E-state index >= 15 is 0 Å². The molecular weight excluding hydrogens is 279 g/mol. The standard InChI is InChI=1S/C18H19FN2O/c1-21(20)18-14(10-9-13-5-4-6-15(19)11-13)12-22-17-8-3-2-7-16(17)18/h2-8,11H,9-10,12,20H2,1H3. The van der Waals surface area contributed by atoms with Crippen LogP contribution < -0.4 is 10.6 Å². The topological polar surface area (TPSA) is 38.5 Å². The van der Waals surface area contributed by atoms with Gasteiger partial charge in [-0.15, -0.1) is 0 Å². The fourth-order valence-electron chi connectivity index (χ4n) is 2.83. The third kappa shape index (κ3) is 2.97. The minimum Gasteiger partial charge on any atom is -0.488 e. The minimum atomic E-state index is -0.201. The lowest BCUT2D eigenvalue weighted by Crippen LogP contribution is -2.29. The Kier molecular flexibility index (Phi) is 4.11. The second kappa shape index (κ2) is 6.20. The number of hydrogen-bond acceptors (Lipinski definition) is 3. The highest BCUT2D eigenvalue weighted by molar-refractivity contribution is 5.73. The van der Waals surface area contributed by atoms with Crippen molar-refractivity contribution < 1.29 is 9.13 Å². The number of nitrogens with two attached hydrogens (primary N) is 1. The summed E-state index contributed by atoms with van der Waals surface area (Å²) in [6.07, 6.45) is 1.55. The molecule has 0 aromatic heterocycles. The van der Waals surface area contributed by atoms with Crippen molar-refractivity contribution in [2.45, 2.75) is 12.8 Å². The van der Waals surface area contributed by atoms with E-state index in [0.29, 0.717) is 6.61 Å². The molecule has 1 aliphatic heterocycles. The number of ether oxygens (including phenoxy) is 1. The summed E-state index contributed by atoms with van der Waals surface area (Å²) in [6.45, 7) is 0.517. The molecule has 3 rings (SSSR count). The van der Waals surface area contributed by atoms with Crippen molar-refractivity contribution in [1.82, 2.24) is 5.01 Å². The molecule has 22 heavy (non-hydrogen) atoms. The van der Waals surface area contributed by atoms with Crippen molar-refractivity contribution in [2.24, 2.45) is 5.84 Å². The molecular formula is C18H19FN2O. The lowest BCUT2D eigenvalue weighted by molar-refractivity contribution is 0.331. The summed E-state index contributed by atoms with van der Waals surface area (Å²) >= 11 is 0. The van der Waals surface area contributed by atoms with E-state index in [2.05, 4.69) is 0 Å². The number of benzene rings is 2. The smallest absolute Gasteiger partial charge is 0.129 e. The van der Waals surface area contributed by atoms with Gasteiger partial charge in [-0.1, -0.05) is 24.3 Å². The van der Waals surface area contributed by atoms with Crippen LogP contribution in [0.3, 0.4) is 0 Å². The van der Waals surface area contributed by atoms with Crippen LogP contribution in [0, 0.1) is 5.82 Å². The molecule has 0 saturated carbocycles. The average molecular weight is 298 g/mol. The van der Waals surface area contributed by atoms with Gasteiger partial charge in [-0.3, -0.25) is 0 Å². The third-order valence-electron chi connectivity index (χ3n) is 3.84. The van der Waals surface area contributed by atoms with Crippen molar-refractivity contribution in [3.63, 3.8) is 0 Å². The lowest BCUT2D eigenvalue weighted by atomic mass is 9.97. The summed E-state index contributed by atoms with van der Waals surface area (Å²) < 4.78 is 19.1. The van der Waals surface area contributed by atoms with Crippen LogP contribution in [0.1, 0.15) is 17.5 Å². The number of para-hydroxylation sites is 1. The van der Waals surface area contributed by atoms with Crippen LogP contribution in [-0.4, -0.2) is 18.7 Å². The zero-order chi connectivity index (χ0) is 15.5. The van der Waals surface area contributed by atoms with E-state index in [9.17, 15) is 4.39 Å². The Morgan fingerprint density at radius 1 is 1.14 bits per heavy atom. The molecule has 0 bridgehead atoms. The van der Waals surface area contributed by atoms with Gasteiger partial charge in [0.1, 0.15) is 18.2 Å². The van der Waals surface area contributed by atoms with Gasteiger partial charge in [-0.25, -0.2) is 10.2 Å². The van der Waals surface area contributed by atoms with Crippen LogP contribution in [0.2, 0.25) is 0 Å². The molecule has 2 aromatic rings. The molecule has 3 nitrogen and oxygen atoms in total. The summed E-state index contributed by atoms with van der Waals surface area (Å²) in [5.74, 6) is 6.68. The molecule has 1 heterocycles. The zero-order valence-electron chi connectivity index (χ0n) is 12.6. The van der Waals surface area contributed by atoms with E-state index in [1.165, 1.54) is 6.07 Å². The molecule has 0 amide bonds. The maximum Gasteiger partial charge on any atom is 0.129 e. The van der Waals surface area contributed by atoms with Gasteiger partial charge in [0.2, 0.25) is 0 Å². The molecule has 1 aliphatic rings. The van der Waals surface area contributed by atoms with E-state index in [1.54, 1.807) is 17.1 Å². The Labute approximate surface area is 129 Å². The van der Waals surface area contributed by atoms with Crippen LogP contribution in [0.15, 0.2) is 54.1 Å². The van der Waals surface area contributed by atoms with Crippen molar-refractivity contribution in [3.8, 4) is 5.75 Å². The third-order valence-corrected chi connectivity index (χ3v) is 3.84. The molecule has 0 unspecified atom stereocenters. The lowest BCUT2D eigenvalue weighted by Gasteiger charge is -2.28. The largest absolute Gasteiger partial charge is 0.488 e. The molecule has 114 valence electrons. The van der Waals surface area contributed by atoms with Gasteiger partial charge in [-0.2, -0.15) is 0 Å². The van der Waals surface area contributed by atoms with Crippen LogP contribution in [0.25, 0.3) is 5.70 Å². The van der Waals surface area contributed by atoms with Crippen LogP contribution in [0.5, 0.6) is 5.75 Å². The SMILES string of the molecule is CN(N)C1=C(CCc2cccc(F)c2)COc2ccccc21. The normalized spacial score (nSPS) is 13.6. The second-order valence-electron chi connectivity index (χ2n) is 5.48. The number of nitrogens with zero attached hydrogens (tertiary/aromatic N) is 1. The quantitative estimate of drug-likeness (QED) is 0.695. The van der Waals surface area contributed by atoms with Gasteiger partial charge in [0.05, 0.1) is 5.70 Å². The van der Waals surface area contributed by atoms with Gasteiger partial charge >= 0.3 is 0 Å². The monoisotopic (exact) mass is 298 g/mol.